The number of rotatable bonds is 7. The Hall–Kier alpha value is -2.61. The molecule has 0 saturated heterocycles. The summed E-state index contributed by atoms with van der Waals surface area (Å²) in [6.45, 7) is 11.8. The third-order valence-corrected chi connectivity index (χ3v) is 6.29. The highest BCUT2D eigenvalue weighted by molar-refractivity contribution is 5.62. The molecule has 0 saturated carbocycles. The van der Waals surface area contributed by atoms with Gasteiger partial charge in [-0.05, 0) is 60.6 Å². The van der Waals surface area contributed by atoms with Gasteiger partial charge in [-0.2, -0.15) is 5.26 Å². The van der Waals surface area contributed by atoms with Crippen molar-refractivity contribution in [1.82, 2.24) is 9.97 Å². The fourth-order valence-corrected chi connectivity index (χ4v) is 4.39. The Bertz CT molecular complexity index is 942. The molecule has 3 rings (SSSR count). The summed E-state index contributed by atoms with van der Waals surface area (Å²) in [6.07, 6.45) is 4.59. The molecule has 0 radical (unpaired) electrons. The lowest BCUT2D eigenvalue weighted by Crippen LogP contribution is -2.22. The molecule has 2 atom stereocenters. The van der Waals surface area contributed by atoms with Gasteiger partial charge in [0.15, 0.2) is 0 Å². The summed E-state index contributed by atoms with van der Waals surface area (Å²) in [5.41, 5.74) is 12.2. The minimum atomic E-state index is 0.261. The second-order valence-corrected chi connectivity index (χ2v) is 8.94. The minimum Gasteiger partial charge on any atom is -0.398 e. The van der Waals surface area contributed by atoms with E-state index in [1.807, 2.05) is 6.07 Å². The quantitative estimate of drug-likeness (QED) is 0.607. The predicted octanol–water partition coefficient (Wildman–Crippen LogP) is 5.35. The Morgan fingerprint density at radius 1 is 1.23 bits per heavy atom. The molecule has 2 aromatic rings. The third-order valence-electron chi connectivity index (χ3n) is 6.29. The smallest absolute Gasteiger partial charge is 0.133 e. The van der Waals surface area contributed by atoms with Gasteiger partial charge in [0.2, 0.25) is 0 Å². The van der Waals surface area contributed by atoms with Crippen molar-refractivity contribution >= 4 is 11.5 Å². The van der Waals surface area contributed by atoms with Crippen LogP contribution in [-0.2, 0) is 19.3 Å². The Labute approximate surface area is 181 Å². The van der Waals surface area contributed by atoms with Gasteiger partial charge in [0.1, 0.15) is 17.7 Å². The van der Waals surface area contributed by atoms with Gasteiger partial charge in [-0.1, -0.05) is 40.7 Å². The van der Waals surface area contributed by atoms with E-state index in [2.05, 4.69) is 52.1 Å². The first kappa shape index (κ1) is 22.1. The summed E-state index contributed by atoms with van der Waals surface area (Å²) in [7, 11) is 0. The van der Waals surface area contributed by atoms with Gasteiger partial charge >= 0.3 is 0 Å². The second kappa shape index (κ2) is 9.47. The number of nitrogens with one attached hydrogen (secondary N) is 1. The second-order valence-electron chi connectivity index (χ2n) is 8.94. The number of hydrogen-bond donors (Lipinski definition) is 2. The molecular formula is C25H35N5. The molecule has 0 aliphatic heterocycles. The summed E-state index contributed by atoms with van der Waals surface area (Å²) >= 11 is 0. The van der Waals surface area contributed by atoms with Crippen molar-refractivity contribution in [3.8, 4) is 6.07 Å². The van der Waals surface area contributed by atoms with E-state index in [1.54, 1.807) is 0 Å². The molecule has 160 valence electrons. The zero-order valence-electron chi connectivity index (χ0n) is 19.0. The van der Waals surface area contributed by atoms with Crippen molar-refractivity contribution < 1.29 is 0 Å². The lowest BCUT2D eigenvalue weighted by atomic mass is 9.76. The molecule has 1 aliphatic rings. The first-order valence-corrected chi connectivity index (χ1v) is 11.3. The molecule has 1 aliphatic carbocycles. The predicted molar refractivity (Wildman–Crippen MR) is 124 cm³/mol. The zero-order chi connectivity index (χ0) is 21.8. The number of nitrogens with zero attached hydrogens (tertiary/aromatic N) is 3. The highest BCUT2D eigenvalue weighted by atomic mass is 15.0. The van der Waals surface area contributed by atoms with Crippen LogP contribution in [0.2, 0.25) is 0 Å². The van der Waals surface area contributed by atoms with E-state index in [1.165, 1.54) is 11.1 Å². The maximum absolute atomic E-state index is 9.89. The van der Waals surface area contributed by atoms with Crippen LogP contribution in [0.4, 0.5) is 11.5 Å². The number of hydrogen-bond acceptors (Lipinski definition) is 5. The minimum absolute atomic E-state index is 0.261. The van der Waals surface area contributed by atoms with Crippen LogP contribution in [0.1, 0.15) is 93.1 Å². The van der Waals surface area contributed by atoms with E-state index in [-0.39, 0.29) is 5.92 Å². The molecule has 3 N–H and O–H groups in total. The van der Waals surface area contributed by atoms with Crippen LogP contribution < -0.4 is 11.1 Å². The maximum Gasteiger partial charge on any atom is 0.133 e. The molecule has 5 nitrogen and oxygen atoms in total. The molecule has 0 fully saturated rings. The van der Waals surface area contributed by atoms with Gasteiger partial charge in [0.05, 0.1) is 11.3 Å². The molecule has 0 spiro atoms. The van der Waals surface area contributed by atoms with Crippen molar-refractivity contribution in [3.05, 3.63) is 45.9 Å². The first-order chi connectivity index (χ1) is 14.4. The van der Waals surface area contributed by atoms with Crippen LogP contribution in [0.3, 0.4) is 0 Å². The van der Waals surface area contributed by atoms with Crippen molar-refractivity contribution in [3.63, 3.8) is 0 Å². The van der Waals surface area contributed by atoms with Crippen LogP contribution in [0.25, 0.3) is 0 Å². The Morgan fingerprint density at radius 2 is 2.00 bits per heavy atom. The molecule has 1 heterocycles. The number of anilines is 2. The highest BCUT2D eigenvalue weighted by Crippen LogP contribution is 2.41. The van der Waals surface area contributed by atoms with Crippen LogP contribution in [0, 0.1) is 17.2 Å². The van der Waals surface area contributed by atoms with Gasteiger partial charge in [-0.25, -0.2) is 9.97 Å². The number of nitriles is 1. The molecule has 1 unspecified atom stereocenters. The fourth-order valence-electron chi connectivity index (χ4n) is 4.39. The number of nitrogen functional groups attached to an aromatic ring is 1. The zero-order valence-corrected chi connectivity index (χ0v) is 19.0. The monoisotopic (exact) mass is 405 g/mol. The summed E-state index contributed by atoms with van der Waals surface area (Å²) in [4.78, 5) is 9.69. The number of aryl methyl sites for hydroxylation is 1. The van der Waals surface area contributed by atoms with Crippen molar-refractivity contribution in [1.29, 1.82) is 5.26 Å². The molecule has 1 aromatic heterocycles. The summed E-state index contributed by atoms with van der Waals surface area (Å²) in [5, 5.41) is 13.4. The first-order valence-electron chi connectivity index (χ1n) is 11.3. The van der Waals surface area contributed by atoms with E-state index in [0.29, 0.717) is 23.1 Å². The Kier molecular flexibility index (Phi) is 6.97. The number of fused-ring (bicyclic) bond motifs is 1. The average Bonchev–Trinajstić information content (AvgIpc) is 2.75. The Morgan fingerprint density at radius 3 is 2.63 bits per heavy atom. The lowest BCUT2D eigenvalue weighted by molar-refractivity contribution is 0.555. The van der Waals surface area contributed by atoms with Crippen LogP contribution in [0.15, 0.2) is 12.1 Å². The van der Waals surface area contributed by atoms with Crippen LogP contribution >= 0.6 is 0 Å². The molecule has 0 amide bonds. The third kappa shape index (κ3) is 4.43. The largest absolute Gasteiger partial charge is 0.398 e. The van der Waals surface area contributed by atoms with Crippen molar-refractivity contribution in [2.24, 2.45) is 5.92 Å². The maximum atomic E-state index is 9.89. The fraction of sp³-hybridized carbons (Fsp3) is 0.560. The average molecular weight is 406 g/mol. The van der Waals surface area contributed by atoms with Gasteiger partial charge in [0.25, 0.3) is 0 Å². The van der Waals surface area contributed by atoms with Gasteiger partial charge in [0, 0.05) is 24.2 Å². The summed E-state index contributed by atoms with van der Waals surface area (Å²) in [6, 6.07) is 6.42. The van der Waals surface area contributed by atoms with Gasteiger partial charge in [-0.15, -0.1) is 0 Å². The molecule has 30 heavy (non-hydrogen) atoms. The van der Waals surface area contributed by atoms with E-state index in [0.717, 1.165) is 61.5 Å². The van der Waals surface area contributed by atoms with Gasteiger partial charge < -0.3 is 11.1 Å². The van der Waals surface area contributed by atoms with E-state index in [4.69, 9.17) is 15.7 Å². The van der Waals surface area contributed by atoms with Gasteiger partial charge in [-0.3, -0.25) is 0 Å². The van der Waals surface area contributed by atoms with Crippen LogP contribution in [0.5, 0.6) is 0 Å². The molecule has 1 aromatic carbocycles. The van der Waals surface area contributed by atoms with Crippen molar-refractivity contribution in [2.45, 2.75) is 78.6 Å². The number of aromatic nitrogens is 2. The molecule has 5 heteroatoms. The standard InChI is InChI=1S/C25H35N5/c1-6-16(5)18-10-11-21(27)20(13-26)24(18)17-8-9-19-22(12-17)29-23(7-2)30-25(19)28-14-15(3)4/h10-11,15-17H,6-9,12,14,27H2,1-5H3,(H,28,29,30)/t16-,17?/m0/s1. The Balaban J connectivity index is 2.04. The van der Waals surface area contributed by atoms with E-state index < -0.39 is 0 Å². The number of benzene rings is 1. The molecule has 0 bridgehead atoms. The highest BCUT2D eigenvalue weighted by Gasteiger charge is 2.29. The number of nitrogens with two attached hydrogens (primary N) is 1. The lowest BCUT2D eigenvalue weighted by Gasteiger charge is -2.30. The molecular weight excluding hydrogens is 370 g/mol. The normalized spacial score (nSPS) is 16.8. The van der Waals surface area contributed by atoms with Crippen LogP contribution in [-0.4, -0.2) is 16.5 Å². The summed E-state index contributed by atoms with van der Waals surface area (Å²) in [5.74, 6) is 3.10. The SMILES string of the molecule is CCc1nc2c(c(NCC(C)C)n1)CCC(c1c([C@@H](C)CC)ccc(N)c1C#N)C2. The van der Waals surface area contributed by atoms with E-state index in [9.17, 15) is 5.26 Å². The van der Waals surface area contributed by atoms with Crippen molar-refractivity contribution in [2.75, 3.05) is 17.6 Å². The topological polar surface area (TPSA) is 87.6 Å². The summed E-state index contributed by atoms with van der Waals surface area (Å²) < 4.78 is 0. The van der Waals surface area contributed by atoms with E-state index >= 15 is 0 Å².